The highest BCUT2D eigenvalue weighted by Crippen LogP contribution is 2.39. The minimum absolute atomic E-state index is 0.196. The molecule has 2 aliphatic heterocycles. The van der Waals surface area contributed by atoms with Gasteiger partial charge in [-0.15, -0.1) is 0 Å². The van der Waals surface area contributed by atoms with Crippen molar-refractivity contribution in [3.05, 3.63) is 41.5 Å². The second-order valence-corrected chi connectivity index (χ2v) is 10.8. The third kappa shape index (κ3) is 4.75. The number of nitrogens with one attached hydrogen (secondary N) is 1. The number of carboxylic acid groups (broad SMARTS) is 1. The molecule has 2 heterocycles. The summed E-state index contributed by atoms with van der Waals surface area (Å²) in [5.74, 6) is -0.0325. The standard InChI is InChI=1S/C28H37FN2O2/c1-18-5-9-22(10-6-18)30-27-12-8-20-13-19(7-11-25(20)26(27)16-29)17-31-23-3-2-4-24(31)15-21(14-23)28(32)33/h7-8,11-13,18,21-24,30H,2-6,9-10,14-17H2,1H3,(H,32,33). The number of anilines is 1. The first-order valence-electron chi connectivity index (χ1n) is 12.9. The van der Waals surface area contributed by atoms with E-state index in [9.17, 15) is 14.3 Å². The molecular weight excluding hydrogens is 415 g/mol. The summed E-state index contributed by atoms with van der Waals surface area (Å²) in [5.41, 5.74) is 2.96. The molecule has 2 atom stereocenters. The van der Waals surface area contributed by atoms with Crippen LogP contribution in [0.3, 0.4) is 0 Å². The van der Waals surface area contributed by atoms with Crippen LogP contribution in [-0.4, -0.2) is 34.1 Å². The number of hydrogen-bond acceptors (Lipinski definition) is 3. The maximum Gasteiger partial charge on any atom is 0.306 e. The molecule has 0 spiro atoms. The number of halogens is 1. The topological polar surface area (TPSA) is 52.6 Å². The van der Waals surface area contributed by atoms with Crippen LogP contribution in [0, 0.1) is 11.8 Å². The molecule has 2 bridgehead atoms. The molecule has 178 valence electrons. The highest BCUT2D eigenvalue weighted by atomic mass is 19.1. The third-order valence-electron chi connectivity index (χ3n) is 8.55. The highest BCUT2D eigenvalue weighted by Gasteiger charge is 2.40. The summed E-state index contributed by atoms with van der Waals surface area (Å²) in [6, 6.07) is 11.8. The van der Waals surface area contributed by atoms with E-state index in [-0.39, 0.29) is 5.92 Å². The van der Waals surface area contributed by atoms with Gasteiger partial charge in [-0.2, -0.15) is 0 Å². The van der Waals surface area contributed by atoms with Crippen LogP contribution in [0.4, 0.5) is 10.1 Å². The molecule has 0 amide bonds. The average molecular weight is 453 g/mol. The number of fused-ring (bicyclic) bond motifs is 3. The van der Waals surface area contributed by atoms with Crippen molar-refractivity contribution >= 4 is 22.4 Å². The fourth-order valence-electron chi connectivity index (χ4n) is 6.59. The summed E-state index contributed by atoms with van der Waals surface area (Å²) in [5, 5.41) is 15.2. The maximum atomic E-state index is 14.2. The summed E-state index contributed by atoms with van der Waals surface area (Å²) in [7, 11) is 0. The Labute approximate surface area is 196 Å². The number of aliphatic carboxylic acids is 1. The fraction of sp³-hybridized carbons (Fsp3) is 0.607. The molecule has 4 nitrogen and oxygen atoms in total. The lowest BCUT2D eigenvalue weighted by Crippen LogP contribution is -2.52. The zero-order chi connectivity index (χ0) is 22.9. The van der Waals surface area contributed by atoms with Gasteiger partial charge in [0.2, 0.25) is 0 Å². The summed E-state index contributed by atoms with van der Waals surface area (Å²) >= 11 is 0. The molecule has 0 radical (unpaired) electrons. The van der Waals surface area contributed by atoms with Crippen LogP contribution in [0.25, 0.3) is 10.8 Å². The number of alkyl halides is 1. The smallest absolute Gasteiger partial charge is 0.306 e. The SMILES string of the molecule is CC1CCC(Nc2ccc3cc(CN4C5CCCC4CC(C(=O)O)C5)ccc3c2CF)CC1. The highest BCUT2D eigenvalue weighted by molar-refractivity contribution is 5.90. The first-order chi connectivity index (χ1) is 16.0. The van der Waals surface area contributed by atoms with Crippen molar-refractivity contribution in [2.75, 3.05) is 5.32 Å². The van der Waals surface area contributed by atoms with Crippen LogP contribution < -0.4 is 5.32 Å². The minimum Gasteiger partial charge on any atom is -0.481 e. The number of piperidine rings is 2. The predicted molar refractivity (Wildman–Crippen MR) is 131 cm³/mol. The van der Waals surface area contributed by atoms with E-state index in [1.165, 1.54) is 24.8 Å². The molecule has 2 aromatic carbocycles. The fourth-order valence-corrected chi connectivity index (χ4v) is 6.59. The van der Waals surface area contributed by atoms with E-state index >= 15 is 0 Å². The Bertz CT molecular complexity index is 987. The lowest BCUT2D eigenvalue weighted by molar-refractivity contribution is -0.146. The number of carboxylic acids is 1. The first-order valence-corrected chi connectivity index (χ1v) is 12.9. The van der Waals surface area contributed by atoms with Gasteiger partial charge in [0, 0.05) is 35.9 Å². The Morgan fingerprint density at radius 1 is 1.06 bits per heavy atom. The van der Waals surface area contributed by atoms with Gasteiger partial charge < -0.3 is 10.4 Å². The molecule has 2 saturated heterocycles. The lowest BCUT2D eigenvalue weighted by Gasteiger charge is -2.48. The molecule has 5 rings (SSSR count). The minimum atomic E-state index is -0.636. The normalized spacial score (nSPS) is 30.3. The van der Waals surface area contributed by atoms with E-state index in [1.54, 1.807) is 0 Å². The van der Waals surface area contributed by atoms with Crippen molar-refractivity contribution in [1.29, 1.82) is 0 Å². The van der Waals surface area contributed by atoms with Crippen LogP contribution in [0.1, 0.15) is 75.8 Å². The summed E-state index contributed by atoms with van der Waals surface area (Å²) in [4.78, 5) is 14.1. The van der Waals surface area contributed by atoms with Gasteiger partial charge in [-0.1, -0.05) is 31.5 Å². The molecule has 5 heteroatoms. The molecule has 33 heavy (non-hydrogen) atoms. The van der Waals surface area contributed by atoms with Crippen molar-refractivity contribution in [2.45, 2.75) is 96.1 Å². The van der Waals surface area contributed by atoms with Crippen LogP contribution in [0.15, 0.2) is 30.3 Å². The van der Waals surface area contributed by atoms with Crippen molar-refractivity contribution in [3.63, 3.8) is 0 Å². The van der Waals surface area contributed by atoms with Crippen molar-refractivity contribution in [1.82, 2.24) is 4.90 Å². The molecule has 2 unspecified atom stereocenters. The van der Waals surface area contributed by atoms with Gasteiger partial charge in [-0.05, 0) is 85.8 Å². The van der Waals surface area contributed by atoms with Crippen LogP contribution >= 0.6 is 0 Å². The average Bonchev–Trinajstić information content (AvgIpc) is 2.80. The van der Waals surface area contributed by atoms with E-state index in [1.807, 2.05) is 0 Å². The van der Waals surface area contributed by atoms with Gasteiger partial charge in [0.25, 0.3) is 0 Å². The molecule has 2 aromatic rings. The number of hydrogen-bond donors (Lipinski definition) is 2. The first kappa shape index (κ1) is 22.6. The lowest BCUT2D eigenvalue weighted by atomic mass is 9.78. The van der Waals surface area contributed by atoms with Gasteiger partial charge >= 0.3 is 5.97 Å². The number of nitrogens with zero attached hydrogens (tertiary/aromatic N) is 1. The van der Waals surface area contributed by atoms with Gasteiger partial charge in [-0.3, -0.25) is 9.69 Å². The van der Waals surface area contributed by atoms with Crippen LogP contribution in [0.2, 0.25) is 0 Å². The van der Waals surface area contributed by atoms with E-state index in [0.717, 1.165) is 73.0 Å². The van der Waals surface area contributed by atoms with Gasteiger partial charge in [0.05, 0.1) is 5.92 Å². The Kier molecular flexibility index (Phi) is 6.60. The quantitative estimate of drug-likeness (QED) is 0.524. The molecule has 0 aromatic heterocycles. The zero-order valence-electron chi connectivity index (χ0n) is 19.7. The third-order valence-corrected chi connectivity index (χ3v) is 8.55. The van der Waals surface area contributed by atoms with Crippen molar-refractivity contribution < 1.29 is 14.3 Å². The molecular formula is C28H37FN2O2. The van der Waals surface area contributed by atoms with Crippen molar-refractivity contribution in [2.24, 2.45) is 11.8 Å². The largest absolute Gasteiger partial charge is 0.481 e. The van der Waals surface area contributed by atoms with Crippen LogP contribution in [-0.2, 0) is 18.0 Å². The second-order valence-electron chi connectivity index (χ2n) is 10.8. The Balaban J connectivity index is 1.34. The molecule has 1 saturated carbocycles. The van der Waals surface area contributed by atoms with E-state index in [0.29, 0.717) is 18.1 Å². The predicted octanol–water partition coefficient (Wildman–Crippen LogP) is 6.52. The Morgan fingerprint density at radius 3 is 2.45 bits per heavy atom. The van der Waals surface area contributed by atoms with E-state index in [4.69, 9.17) is 0 Å². The zero-order valence-corrected chi connectivity index (χ0v) is 19.7. The van der Waals surface area contributed by atoms with Gasteiger partial charge in [-0.25, -0.2) is 4.39 Å². The Hall–Kier alpha value is -2.14. The second kappa shape index (κ2) is 9.61. The van der Waals surface area contributed by atoms with Gasteiger partial charge in [0.15, 0.2) is 0 Å². The summed E-state index contributed by atoms with van der Waals surface area (Å²) in [6.07, 6.45) is 9.71. The maximum absolute atomic E-state index is 14.2. The number of carbonyl (C=O) groups is 1. The molecule has 3 aliphatic rings. The van der Waals surface area contributed by atoms with E-state index < -0.39 is 12.6 Å². The van der Waals surface area contributed by atoms with E-state index in [2.05, 4.69) is 47.5 Å². The Morgan fingerprint density at radius 2 is 1.79 bits per heavy atom. The molecule has 3 fully saturated rings. The van der Waals surface area contributed by atoms with Crippen LogP contribution in [0.5, 0.6) is 0 Å². The molecule has 1 aliphatic carbocycles. The number of rotatable bonds is 6. The summed E-state index contributed by atoms with van der Waals surface area (Å²) < 4.78 is 14.2. The number of benzene rings is 2. The van der Waals surface area contributed by atoms with Crippen molar-refractivity contribution in [3.8, 4) is 0 Å². The van der Waals surface area contributed by atoms with Gasteiger partial charge in [0.1, 0.15) is 6.67 Å². The molecule has 2 N–H and O–H groups in total. The monoisotopic (exact) mass is 452 g/mol. The summed E-state index contributed by atoms with van der Waals surface area (Å²) in [6.45, 7) is 2.70.